The van der Waals surface area contributed by atoms with Crippen LogP contribution in [0.25, 0.3) is 6.08 Å². The van der Waals surface area contributed by atoms with Gasteiger partial charge in [0.1, 0.15) is 5.75 Å². The molecule has 1 aliphatic rings. The van der Waals surface area contributed by atoms with Crippen molar-refractivity contribution in [3.63, 3.8) is 0 Å². The zero-order valence-electron chi connectivity index (χ0n) is 15.2. The van der Waals surface area contributed by atoms with Gasteiger partial charge in [-0.1, -0.05) is 11.6 Å². The molecule has 144 valence electrons. The number of aliphatic imine (C=N–C) groups is 1. The molecule has 0 bridgehead atoms. The minimum atomic E-state index is -0.417. The van der Waals surface area contributed by atoms with Gasteiger partial charge in [-0.2, -0.15) is 0 Å². The predicted octanol–water partition coefficient (Wildman–Crippen LogP) is 4.42. The molecular formula is C20H17ClN2O4S. The summed E-state index contributed by atoms with van der Waals surface area (Å²) in [7, 11) is 1.33. The Hall–Kier alpha value is -2.77. The topological polar surface area (TPSA) is 77.0 Å². The Balaban J connectivity index is 1.82. The van der Waals surface area contributed by atoms with Crippen LogP contribution >= 0.6 is 23.4 Å². The first-order valence-corrected chi connectivity index (χ1v) is 9.60. The van der Waals surface area contributed by atoms with E-state index in [0.717, 1.165) is 5.56 Å². The van der Waals surface area contributed by atoms with E-state index in [2.05, 4.69) is 15.0 Å². The summed E-state index contributed by atoms with van der Waals surface area (Å²) in [5, 5.41) is 3.73. The van der Waals surface area contributed by atoms with Crippen molar-refractivity contribution < 1.29 is 19.1 Å². The lowest BCUT2D eigenvalue weighted by Gasteiger charge is -2.07. The van der Waals surface area contributed by atoms with Crippen molar-refractivity contribution in [1.29, 1.82) is 0 Å². The molecule has 28 heavy (non-hydrogen) atoms. The van der Waals surface area contributed by atoms with Gasteiger partial charge in [-0.15, -0.1) is 0 Å². The molecule has 3 rings (SSSR count). The third-order valence-corrected chi connectivity index (χ3v) is 4.87. The summed E-state index contributed by atoms with van der Waals surface area (Å²) in [6, 6.07) is 11.8. The number of esters is 1. The molecule has 1 amide bonds. The van der Waals surface area contributed by atoms with Crippen LogP contribution in [0, 0.1) is 0 Å². The van der Waals surface area contributed by atoms with E-state index < -0.39 is 5.97 Å². The third kappa shape index (κ3) is 4.74. The second-order valence-electron chi connectivity index (χ2n) is 5.64. The number of hydrogen-bond donors (Lipinski definition) is 1. The highest BCUT2D eigenvalue weighted by atomic mass is 35.5. The Bertz CT molecular complexity index is 971. The highest BCUT2D eigenvalue weighted by Crippen LogP contribution is 2.32. The van der Waals surface area contributed by atoms with Gasteiger partial charge in [0.05, 0.1) is 29.9 Å². The van der Waals surface area contributed by atoms with Crippen molar-refractivity contribution in [2.75, 3.05) is 13.7 Å². The average molecular weight is 417 g/mol. The number of rotatable bonds is 5. The van der Waals surface area contributed by atoms with Crippen LogP contribution in [0.2, 0.25) is 5.02 Å². The number of carbonyl (C=O) groups excluding carboxylic acids is 2. The maximum atomic E-state index is 12.3. The lowest BCUT2D eigenvalue weighted by atomic mass is 10.2. The number of hydrogen-bond acceptors (Lipinski definition) is 6. The second kappa shape index (κ2) is 8.95. The largest absolute Gasteiger partial charge is 0.493 e. The van der Waals surface area contributed by atoms with Crippen molar-refractivity contribution in [3.8, 4) is 5.75 Å². The molecule has 1 heterocycles. The highest BCUT2D eigenvalue weighted by molar-refractivity contribution is 8.18. The summed E-state index contributed by atoms with van der Waals surface area (Å²) in [6.07, 6.45) is 1.72. The van der Waals surface area contributed by atoms with Gasteiger partial charge < -0.3 is 14.8 Å². The van der Waals surface area contributed by atoms with Crippen molar-refractivity contribution in [1.82, 2.24) is 5.32 Å². The van der Waals surface area contributed by atoms with Crippen molar-refractivity contribution in [2.45, 2.75) is 6.92 Å². The third-order valence-electron chi connectivity index (χ3n) is 3.73. The molecule has 1 N–H and O–H groups in total. The summed E-state index contributed by atoms with van der Waals surface area (Å²) in [5.74, 6) is -0.0199. The Kier molecular flexibility index (Phi) is 6.38. The summed E-state index contributed by atoms with van der Waals surface area (Å²) < 4.78 is 10.3. The Morgan fingerprint density at radius 3 is 2.68 bits per heavy atom. The fourth-order valence-corrected chi connectivity index (χ4v) is 3.46. The van der Waals surface area contributed by atoms with Crippen LogP contribution in [0.1, 0.15) is 22.8 Å². The standard InChI is InChI=1S/C20H17ClN2O4S/c1-3-27-16-9-6-14(21)10-13(16)11-17-18(24)23-20(28-17)22-15-7-4-12(5-8-15)19(25)26-2/h4-11H,3H2,1-2H3,(H,22,23,24)/b17-11+. The van der Waals surface area contributed by atoms with Gasteiger partial charge >= 0.3 is 5.97 Å². The smallest absolute Gasteiger partial charge is 0.337 e. The van der Waals surface area contributed by atoms with E-state index in [9.17, 15) is 9.59 Å². The average Bonchev–Trinajstić information content (AvgIpc) is 3.03. The molecule has 0 saturated carbocycles. The van der Waals surface area contributed by atoms with Crippen LogP contribution in [0.3, 0.4) is 0 Å². The number of benzene rings is 2. The van der Waals surface area contributed by atoms with E-state index in [0.29, 0.717) is 38.7 Å². The second-order valence-corrected chi connectivity index (χ2v) is 7.10. The van der Waals surface area contributed by atoms with Crippen LogP contribution in [0.5, 0.6) is 5.75 Å². The van der Waals surface area contributed by atoms with Gasteiger partial charge in [0.25, 0.3) is 5.91 Å². The Morgan fingerprint density at radius 2 is 2.00 bits per heavy atom. The molecule has 0 spiro atoms. The summed E-state index contributed by atoms with van der Waals surface area (Å²) in [5.41, 5.74) is 1.75. The zero-order valence-corrected chi connectivity index (χ0v) is 16.8. The molecule has 0 radical (unpaired) electrons. The molecular weight excluding hydrogens is 400 g/mol. The maximum absolute atomic E-state index is 12.3. The minimum absolute atomic E-state index is 0.252. The van der Waals surface area contributed by atoms with E-state index in [-0.39, 0.29) is 5.91 Å². The molecule has 1 saturated heterocycles. The summed E-state index contributed by atoms with van der Waals surface area (Å²) in [4.78, 5) is 28.7. The monoisotopic (exact) mass is 416 g/mol. The van der Waals surface area contributed by atoms with Gasteiger partial charge in [-0.05, 0) is 67.2 Å². The van der Waals surface area contributed by atoms with Gasteiger partial charge in [0.2, 0.25) is 0 Å². The van der Waals surface area contributed by atoms with Crippen LogP contribution < -0.4 is 10.1 Å². The van der Waals surface area contributed by atoms with E-state index in [1.165, 1.54) is 18.9 Å². The van der Waals surface area contributed by atoms with Crippen LogP contribution in [0.15, 0.2) is 52.4 Å². The van der Waals surface area contributed by atoms with Gasteiger partial charge in [-0.25, -0.2) is 9.79 Å². The van der Waals surface area contributed by atoms with Crippen molar-refractivity contribution in [2.24, 2.45) is 4.99 Å². The normalized spacial score (nSPS) is 16.3. The number of carbonyl (C=O) groups is 2. The molecule has 1 fully saturated rings. The molecule has 6 nitrogen and oxygen atoms in total. The number of amidine groups is 1. The predicted molar refractivity (Wildman–Crippen MR) is 111 cm³/mol. The lowest BCUT2D eigenvalue weighted by molar-refractivity contribution is -0.115. The van der Waals surface area contributed by atoms with Crippen LogP contribution in [0.4, 0.5) is 5.69 Å². The quantitative estimate of drug-likeness (QED) is 0.576. The highest BCUT2D eigenvalue weighted by Gasteiger charge is 2.24. The maximum Gasteiger partial charge on any atom is 0.337 e. The van der Waals surface area contributed by atoms with E-state index in [1.807, 2.05) is 6.92 Å². The molecule has 2 aromatic carbocycles. The minimum Gasteiger partial charge on any atom is -0.493 e. The Morgan fingerprint density at radius 1 is 1.25 bits per heavy atom. The zero-order chi connectivity index (χ0) is 20.1. The Labute approximate surface area is 171 Å². The number of thioether (sulfide) groups is 1. The molecule has 8 heteroatoms. The molecule has 1 aliphatic heterocycles. The number of halogens is 1. The van der Waals surface area contributed by atoms with Crippen LogP contribution in [-0.2, 0) is 9.53 Å². The van der Waals surface area contributed by atoms with E-state index in [4.69, 9.17) is 16.3 Å². The summed E-state index contributed by atoms with van der Waals surface area (Å²) in [6.45, 7) is 2.39. The number of methoxy groups -OCH3 is 1. The molecule has 0 aliphatic carbocycles. The van der Waals surface area contributed by atoms with E-state index in [1.54, 1.807) is 48.5 Å². The molecule has 0 atom stereocenters. The summed E-state index contributed by atoms with van der Waals surface area (Å²) >= 11 is 7.29. The lowest BCUT2D eigenvalue weighted by Crippen LogP contribution is -2.19. The molecule has 0 unspecified atom stereocenters. The van der Waals surface area contributed by atoms with Gasteiger partial charge in [-0.3, -0.25) is 4.79 Å². The number of nitrogens with zero attached hydrogens (tertiary/aromatic N) is 1. The number of nitrogens with one attached hydrogen (secondary N) is 1. The number of ether oxygens (including phenoxy) is 2. The van der Waals surface area contributed by atoms with E-state index >= 15 is 0 Å². The van der Waals surface area contributed by atoms with Gasteiger partial charge in [0.15, 0.2) is 5.17 Å². The fraction of sp³-hybridized carbons (Fsp3) is 0.150. The van der Waals surface area contributed by atoms with Crippen molar-refractivity contribution >= 4 is 52.2 Å². The molecule has 2 aromatic rings. The SMILES string of the molecule is CCOc1ccc(Cl)cc1/C=C1/SC(=Nc2ccc(C(=O)OC)cc2)NC1=O. The molecule has 0 aromatic heterocycles. The number of amides is 1. The van der Waals surface area contributed by atoms with Gasteiger partial charge in [0, 0.05) is 10.6 Å². The fourth-order valence-electron chi connectivity index (χ4n) is 2.45. The van der Waals surface area contributed by atoms with Crippen molar-refractivity contribution in [3.05, 3.63) is 63.5 Å². The first-order chi connectivity index (χ1) is 13.5. The van der Waals surface area contributed by atoms with Crippen LogP contribution in [-0.4, -0.2) is 30.8 Å². The first kappa shape index (κ1) is 20.0. The first-order valence-electron chi connectivity index (χ1n) is 8.40.